The van der Waals surface area contributed by atoms with Gasteiger partial charge in [-0.05, 0) is 12.3 Å². The molecule has 0 saturated carbocycles. The zero-order valence-electron chi connectivity index (χ0n) is 9.98. The van der Waals surface area contributed by atoms with Gasteiger partial charge in [0.2, 0.25) is 0 Å². The molecular weight excluding hydrogens is 188 g/mol. The Hall–Kier alpha value is -0.830. The van der Waals surface area contributed by atoms with Crippen molar-refractivity contribution in [2.45, 2.75) is 52.7 Å². The summed E-state index contributed by atoms with van der Waals surface area (Å²) >= 11 is 0. The lowest BCUT2D eigenvalue weighted by Gasteiger charge is -2.11. The van der Waals surface area contributed by atoms with Crippen molar-refractivity contribution >= 4 is 0 Å². The van der Waals surface area contributed by atoms with E-state index < -0.39 is 0 Å². The first-order valence-electron chi connectivity index (χ1n) is 5.91. The topological polar surface area (TPSA) is 38.0 Å². The van der Waals surface area contributed by atoms with E-state index in [9.17, 15) is 5.11 Å². The first-order chi connectivity index (χ1) is 7.21. The summed E-state index contributed by atoms with van der Waals surface area (Å²) in [6, 6.07) is 0. The third-order valence-corrected chi connectivity index (χ3v) is 3.02. The Morgan fingerprint density at radius 3 is 2.47 bits per heavy atom. The van der Waals surface area contributed by atoms with Gasteiger partial charge in [0.1, 0.15) is 0 Å². The third kappa shape index (κ3) is 3.34. The average molecular weight is 210 g/mol. The van der Waals surface area contributed by atoms with Crippen LogP contribution in [0.3, 0.4) is 0 Å². The van der Waals surface area contributed by atoms with Gasteiger partial charge in [0.05, 0.1) is 12.3 Å². The van der Waals surface area contributed by atoms with Crippen LogP contribution in [0.1, 0.15) is 51.7 Å². The van der Waals surface area contributed by atoms with Gasteiger partial charge in [-0.3, -0.25) is 4.68 Å². The fourth-order valence-electron chi connectivity index (χ4n) is 1.70. The molecule has 86 valence electrons. The van der Waals surface area contributed by atoms with Gasteiger partial charge in [0, 0.05) is 18.3 Å². The summed E-state index contributed by atoms with van der Waals surface area (Å²) in [6.45, 7) is 7.35. The molecule has 0 spiro atoms. The zero-order chi connectivity index (χ0) is 11.3. The van der Waals surface area contributed by atoms with Gasteiger partial charge in [-0.25, -0.2) is 0 Å². The molecule has 1 heterocycles. The molecule has 1 atom stereocenters. The highest BCUT2D eigenvalue weighted by Gasteiger charge is 2.09. The van der Waals surface area contributed by atoms with Crippen molar-refractivity contribution in [1.82, 2.24) is 9.78 Å². The summed E-state index contributed by atoms with van der Waals surface area (Å²) in [4.78, 5) is 0. The fourth-order valence-corrected chi connectivity index (χ4v) is 1.70. The molecule has 3 nitrogen and oxygen atoms in total. The Balaban J connectivity index is 2.59. The monoisotopic (exact) mass is 210 g/mol. The number of aliphatic hydroxyl groups excluding tert-OH is 1. The van der Waals surface area contributed by atoms with Crippen molar-refractivity contribution in [3.05, 3.63) is 18.0 Å². The van der Waals surface area contributed by atoms with E-state index in [0.717, 1.165) is 18.5 Å². The highest BCUT2D eigenvalue weighted by Crippen LogP contribution is 2.16. The van der Waals surface area contributed by atoms with Crippen LogP contribution in [0, 0.1) is 5.92 Å². The van der Waals surface area contributed by atoms with Crippen molar-refractivity contribution in [2.24, 2.45) is 5.92 Å². The summed E-state index contributed by atoms with van der Waals surface area (Å²) in [5, 5.41) is 13.9. The predicted molar refractivity (Wildman–Crippen MR) is 61.5 cm³/mol. The van der Waals surface area contributed by atoms with Crippen molar-refractivity contribution in [3.8, 4) is 0 Å². The van der Waals surface area contributed by atoms with E-state index in [2.05, 4.69) is 18.9 Å². The number of rotatable bonds is 6. The molecule has 0 aliphatic rings. The zero-order valence-corrected chi connectivity index (χ0v) is 9.98. The number of hydrogen-bond donors (Lipinski definition) is 1. The van der Waals surface area contributed by atoms with E-state index >= 15 is 0 Å². The SMILES string of the molecule is CCC(CC)Cn1cc(C(O)CC)cn1. The average Bonchev–Trinajstić information content (AvgIpc) is 2.73. The Kier molecular flexibility index (Phi) is 4.82. The molecule has 1 unspecified atom stereocenters. The molecule has 0 aromatic carbocycles. The van der Waals surface area contributed by atoms with Crippen LogP contribution in [0.15, 0.2) is 12.4 Å². The molecule has 0 aliphatic carbocycles. The van der Waals surface area contributed by atoms with Gasteiger partial charge in [0.15, 0.2) is 0 Å². The van der Waals surface area contributed by atoms with Crippen LogP contribution < -0.4 is 0 Å². The molecule has 1 aromatic heterocycles. The van der Waals surface area contributed by atoms with Crippen LogP contribution in [0.5, 0.6) is 0 Å². The van der Waals surface area contributed by atoms with Crippen LogP contribution >= 0.6 is 0 Å². The molecule has 0 fully saturated rings. The van der Waals surface area contributed by atoms with Crippen LogP contribution in [0.25, 0.3) is 0 Å². The highest BCUT2D eigenvalue weighted by molar-refractivity contribution is 5.07. The first-order valence-corrected chi connectivity index (χ1v) is 5.91. The first kappa shape index (κ1) is 12.2. The summed E-state index contributed by atoms with van der Waals surface area (Å²) in [6.07, 6.45) is 6.49. The van der Waals surface area contributed by atoms with E-state index in [1.807, 2.05) is 17.8 Å². The summed E-state index contributed by atoms with van der Waals surface area (Å²) in [5.74, 6) is 0.691. The van der Waals surface area contributed by atoms with Crippen LogP contribution in [-0.2, 0) is 6.54 Å². The maximum Gasteiger partial charge on any atom is 0.0817 e. The van der Waals surface area contributed by atoms with Crippen LogP contribution in [0.4, 0.5) is 0 Å². The van der Waals surface area contributed by atoms with Crippen LogP contribution in [-0.4, -0.2) is 14.9 Å². The molecule has 0 aliphatic heterocycles. The highest BCUT2D eigenvalue weighted by atomic mass is 16.3. The Morgan fingerprint density at radius 1 is 1.27 bits per heavy atom. The third-order valence-electron chi connectivity index (χ3n) is 3.02. The summed E-state index contributed by atoms with van der Waals surface area (Å²) < 4.78 is 1.95. The molecule has 0 saturated heterocycles. The Labute approximate surface area is 92.1 Å². The Morgan fingerprint density at radius 2 is 1.93 bits per heavy atom. The minimum atomic E-state index is -0.361. The molecule has 0 radical (unpaired) electrons. The molecule has 1 aromatic rings. The van der Waals surface area contributed by atoms with E-state index in [4.69, 9.17) is 0 Å². The largest absolute Gasteiger partial charge is 0.388 e. The maximum atomic E-state index is 9.64. The second kappa shape index (κ2) is 5.91. The predicted octanol–water partition coefficient (Wildman–Crippen LogP) is 2.76. The second-order valence-corrected chi connectivity index (χ2v) is 4.10. The molecular formula is C12H22N2O. The van der Waals surface area contributed by atoms with Gasteiger partial charge >= 0.3 is 0 Å². The summed E-state index contributed by atoms with van der Waals surface area (Å²) in [5.41, 5.74) is 0.934. The van der Waals surface area contributed by atoms with Crippen LogP contribution in [0.2, 0.25) is 0 Å². The summed E-state index contributed by atoms with van der Waals surface area (Å²) in [7, 11) is 0. The molecule has 1 rings (SSSR count). The smallest absolute Gasteiger partial charge is 0.0817 e. The molecule has 0 amide bonds. The van der Waals surface area contributed by atoms with Crippen molar-refractivity contribution in [1.29, 1.82) is 0 Å². The van der Waals surface area contributed by atoms with Gasteiger partial charge < -0.3 is 5.11 Å². The van der Waals surface area contributed by atoms with Crippen molar-refractivity contribution in [3.63, 3.8) is 0 Å². The Bertz CT molecular complexity index is 279. The van der Waals surface area contributed by atoms with E-state index in [1.165, 1.54) is 12.8 Å². The standard InChI is InChI=1S/C12H22N2O/c1-4-10(5-2)8-14-9-11(7-13-14)12(15)6-3/h7,9-10,12,15H,4-6,8H2,1-3H3. The molecule has 3 heteroatoms. The normalized spacial score (nSPS) is 13.4. The molecule has 1 N–H and O–H groups in total. The lowest BCUT2D eigenvalue weighted by Crippen LogP contribution is -2.09. The minimum absolute atomic E-state index is 0.361. The van der Waals surface area contributed by atoms with E-state index in [0.29, 0.717) is 5.92 Å². The number of hydrogen-bond acceptors (Lipinski definition) is 2. The molecule has 0 bridgehead atoms. The number of aromatic nitrogens is 2. The number of aliphatic hydroxyl groups is 1. The second-order valence-electron chi connectivity index (χ2n) is 4.10. The minimum Gasteiger partial charge on any atom is -0.388 e. The number of nitrogens with zero attached hydrogens (tertiary/aromatic N) is 2. The van der Waals surface area contributed by atoms with E-state index in [1.54, 1.807) is 6.20 Å². The lowest BCUT2D eigenvalue weighted by atomic mass is 10.0. The fraction of sp³-hybridized carbons (Fsp3) is 0.750. The maximum absolute atomic E-state index is 9.64. The van der Waals surface area contributed by atoms with Gasteiger partial charge in [-0.15, -0.1) is 0 Å². The van der Waals surface area contributed by atoms with Gasteiger partial charge in [-0.2, -0.15) is 5.10 Å². The lowest BCUT2D eigenvalue weighted by molar-refractivity contribution is 0.173. The van der Waals surface area contributed by atoms with Gasteiger partial charge in [-0.1, -0.05) is 33.6 Å². The van der Waals surface area contributed by atoms with Gasteiger partial charge in [0.25, 0.3) is 0 Å². The van der Waals surface area contributed by atoms with Crippen molar-refractivity contribution in [2.75, 3.05) is 0 Å². The quantitative estimate of drug-likeness (QED) is 0.784. The molecule has 15 heavy (non-hydrogen) atoms. The van der Waals surface area contributed by atoms with Crippen molar-refractivity contribution < 1.29 is 5.11 Å². The van der Waals surface area contributed by atoms with E-state index in [-0.39, 0.29) is 6.10 Å².